The third-order valence-corrected chi connectivity index (χ3v) is 12.5. The van der Waals surface area contributed by atoms with Crippen LogP contribution in [0.15, 0.2) is 83.8 Å². The molecule has 9 rings (SSSR count). The van der Waals surface area contributed by atoms with Crippen LogP contribution in [0.5, 0.6) is 0 Å². The highest BCUT2D eigenvalue weighted by molar-refractivity contribution is 6.05. The molecular weight excluding hydrogens is 813 g/mol. The minimum absolute atomic E-state index is 0.109. The molecule has 0 saturated carbocycles. The quantitative estimate of drug-likeness (QED) is 0.146. The molecule has 332 valence electrons. The lowest BCUT2D eigenvalue weighted by molar-refractivity contribution is -0.120. The first kappa shape index (κ1) is 42.6. The van der Waals surface area contributed by atoms with Crippen LogP contribution in [-0.2, 0) is 16.8 Å². The number of hydrogen-bond donors (Lipinski definition) is 3. The van der Waals surface area contributed by atoms with Gasteiger partial charge in [-0.2, -0.15) is 4.98 Å². The number of benzene rings is 2. The first-order chi connectivity index (χ1) is 30.9. The molecule has 17 heteroatoms. The first-order valence-electron chi connectivity index (χ1n) is 22.0. The van der Waals surface area contributed by atoms with Crippen LogP contribution >= 0.6 is 0 Å². The maximum absolute atomic E-state index is 13.0. The lowest BCUT2D eigenvalue weighted by Gasteiger charge is -2.39. The maximum atomic E-state index is 13.0. The van der Waals surface area contributed by atoms with Gasteiger partial charge < -0.3 is 24.7 Å². The lowest BCUT2D eigenvalue weighted by Crippen LogP contribution is -2.49. The highest BCUT2D eigenvalue weighted by Gasteiger charge is 2.28. The van der Waals surface area contributed by atoms with E-state index < -0.39 is 11.9 Å². The van der Waals surface area contributed by atoms with Crippen molar-refractivity contribution in [3.05, 3.63) is 102 Å². The molecule has 3 N–H and O–H groups in total. The molecule has 3 saturated heterocycles. The number of fused-ring (bicyclic) bond motifs is 1. The van der Waals surface area contributed by atoms with Crippen molar-refractivity contribution in [1.29, 1.82) is 0 Å². The Bertz CT molecular complexity index is 2640. The summed E-state index contributed by atoms with van der Waals surface area (Å²) >= 11 is 0. The van der Waals surface area contributed by atoms with Crippen LogP contribution in [0.25, 0.3) is 28.3 Å². The van der Waals surface area contributed by atoms with Crippen LogP contribution in [0.1, 0.15) is 80.6 Å². The smallest absolute Gasteiger partial charge is 0.328 e. The Morgan fingerprint density at radius 3 is 2.33 bits per heavy atom. The number of piperazine rings is 1. The largest absolute Gasteiger partial charge is 0.392 e. The van der Waals surface area contributed by atoms with Crippen LogP contribution in [0.3, 0.4) is 0 Å². The van der Waals surface area contributed by atoms with Gasteiger partial charge in [0.15, 0.2) is 5.82 Å². The molecule has 4 amide bonds. The zero-order valence-corrected chi connectivity index (χ0v) is 36.7. The van der Waals surface area contributed by atoms with E-state index in [-0.39, 0.29) is 29.9 Å². The summed E-state index contributed by atoms with van der Waals surface area (Å²) in [5, 5.41) is 19.8. The minimum atomic E-state index is -0.488. The number of imidazole rings is 1. The predicted molar refractivity (Wildman–Crippen MR) is 242 cm³/mol. The molecule has 3 aliphatic rings. The number of carbonyl (C=O) groups is 3. The average molecular weight is 867 g/mol. The van der Waals surface area contributed by atoms with Gasteiger partial charge >= 0.3 is 17.8 Å². The van der Waals surface area contributed by atoms with Gasteiger partial charge in [0.25, 0.3) is 0 Å². The number of aromatic nitrogens is 6. The Morgan fingerprint density at radius 1 is 0.891 bits per heavy atom. The predicted octanol–water partition coefficient (Wildman–Crippen LogP) is 5.61. The van der Waals surface area contributed by atoms with Crippen molar-refractivity contribution >= 4 is 40.7 Å². The van der Waals surface area contributed by atoms with E-state index >= 15 is 0 Å². The Balaban J connectivity index is 0.795. The second-order valence-corrected chi connectivity index (χ2v) is 18.0. The standard InChI is InChI=1S/C47H54N12O5/c1-30(50-43(62)44-53-45(54-64-44)47(2,3)4)37-11-5-32(25-34(37)29-60)42-51-38(26-40-48-16-20-59(40)42)33-6-12-39(49-27-33)57-23-21-55(22-24-57)28-31-13-17-56(18-14-31)35-7-9-36(10-8-35)58-19-15-41(61)52-46(58)63/h5-12,16,20,25-27,30-31,60H,13-15,17-19,21-24,28-29H2,1-4H3,(H,50,62)(H,52,61,63)/t30-/m1/s1. The number of aliphatic hydroxyl groups excluding tert-OH is 1. The molecule has 4 aromatic heterocycles. The van der Waals surface area contributed by atoms with E-state index in [1.807, 2.05) is 80.9 Å². The van der Waals surface area contributed by atoms with Gasteiger partial charge in [-0.15, -0.1) is 0 Å². The van der Waals surface area contributed by atoms with E-state index in [4.69, 9.17) is 14.5 Å². The number of urea groups is 1. The molecule has 17 nitrogen and oxygen atoms in total. The number of nitrogens with zero attached hydrogens (tertiary/aromatic N) is 10. The number of anilines is 3. The van der Waals surface area contributed by atoms with Gasteiger partial charge in [0.2, 0.25) is 5.91 Å². The minimum Gasteiger partial charge on any atom is -0.392 e. The topological polar surface area (TPSA) is 190 Å². The zero-order chi connectivity index (χ0) is 44.5. The van der Waals surface area contributed by atoms with Crippen molar-refractivity contribution in [3.63, 3.8) is 0 Å². The highest BCUT2D eigenvalue weighted by atomic mass is 16.5. The number of imide groups is 1. The van der Waals surface area contributed by atoms with Crippen LogP contribution in [0.2, 0.25) is 0 Å². The van der Waals surface area contributed by atoms with Crippen molar-refractivity contribution in [3.8, 4) is 22.6 Å². The van der Waals surface area contributed by atoms with Crippen molar-refractivity contribution in [2.45, 2.75) is 65.0 Å². The summed E-state index contributed by atoms with van der Waals surface area (Å²) in [6, 6.07) is 19.1. The lowest BCUT2D eigenvalue weighted by atomic mass is 9.95. The van der Waals surface area contributed by atoms with Crippen LogP contribution in [0, 0.1) is 5.92 Å². The molecule has 0 unspecified atom stereocenters. The molecule has 1 atom stereocenters. The highest BCUT2D eigenvalue weighted by Crippen LogP contribution is 2.31. The van der Waals surface area contributed by atoms with Gasteiger partial charge in [-0.1, -0.05) is 38.1 Å². The first-order valence-corrected chi connectivity index (χ1v) is 22.0. The van der Waals surface area contributed by atoms with Gasteiger partial charge in [0.05, 0.1) is 18.3 Å². The number of hydrogen-bond acceptors (Lipinski definition) is 13. The third-order valence-electron chi connectivity index (χ3n) is 12.5. The van der Waals surface area contributed by atoms with Crippen LogP contribution < -0.4 is 25.3 Å². The molecule has 0 aliphatic carbocycles. The molecule has 0 bridgehead atoms. The Kier molecular flexibility index (Phi) is 11.8. The number of nitrogens with one attached hydrogen (secondary N) is 2. The summed E-state index contributed by atoms with van der Waals surface area (Å²) in [7, 11) is 0. The fraction of sp³-hybridized carbons (Fsp3) is 0.404. The van der Waals surface area contributed by atoms with E-state index in [0.29, 0.717) is 36.1 Å². The van der Waals surface area contributed by atoms with Gasteiger partial charge in [-0.05, 0) is 79.3 Å². The summed E-state index contributed by atoms with van der Waals surface area (Å²) < 4.78 is 7.15. The van der Waals surface area contributed by atoms with E-state index in [0.717, 1.165) is 104 Å². The summed E-state index contributed by atoms with van der Waals surface area (Å²) in [6.45, 7) is 14.7. The zero-order valence-electron chi connectivity index (χ0n) is 36.7. The number of piperidine rings is 1. The van der Waals surface area contributed by atoms with Gasteiger partial charge in [0, 0.05) is 111 Å². The molecular formula is C47H54N12O5. The number of aliphatic hydroxyl groups is 1. The summed E-state index contributed by atoms with van der Waals surface area (Å²) in [5.74, 6) is 1.87. The summed E-state index contributed by atoms with van der Waals surface area (Å²) in [5.41, 5.74) is 6.12. The maximum Gasteiger partial charge on any atom is 0.328 e. The van der Waals surface area contributed by atoms with Gasteiger partial charge in [-0.25, -0.2) is 19.7 Å². The van der Waals surface area contributed by atoms with Crippen molar-refractivity contribution in [1.82, 2.24) is 45.0 Å². The normalized spacial score (nSPS) is 17.2. The fourth-order valence-corrected chi connectivity index (χ4v) is 8.81. The third kappa shape index (κ3) is 9.03. The Morgan fingerprint density at radius 2 is 1.64 bits per heavy atom. The molecule has 0 spiro atoms. The molecule has 7 heterocycles. The van der Waals surface area contributed by atoms with Crippen LogP contribution in [0.4, 0.5) is 22.0 Å². The number of pyridine rings is 1. The molecule has 3 aliphatic heterocycles. The molecule has 6 aromatic rings. The van der Waals surface area contributed by atoms with E-state index in [1.165, 1.54) is 0 Å². The van der Waals surface area contributed by atoms with Crippen molar-refractivity contribution < 1.29 is 24.0 Å². The number of carbonyl (C=O) groups excluding carboxylic acids is 3. The molecule has 2 aromatic carbocycles. The van der Waals surface area contributed by atoms with Crippen molar-refractivity contribution in [2.75, 3.05) is 67.1 Å². The number of amides is 4. The molecule has 64 heavy (non-hydrogen) atoms. The van der Waals surface area contributed by atoms with E-state index in [2.05, 4.69) is 64.7 Å². The monoisotopic (exact) mass is 866 g/mol. The van der Waals surface area contributed by atoms with Gasteiger partial charge in [0.1, 0.15) is 17.3 Å². The second kappa shape index (κ2) is 17.8. The second-order valence-electron chi connectivity index (χ2n) is 18.0. The Hall–Kier alpha value is -6.72. The average Bonchev–Trinajstić information content (AvgIpc) is 4.01. The number of rotatable bonds is 11. The van der Waals surface area contributed by atoms with Crippen molar-refractivity contribution in [2.24, 2.45) is 5.92 Å². The van der Waals surface area contributed by atoms with E-state index in [1.54, 1.807) is 11.1 Å². The van der Waals surface area contributed by atoms with Crippen LogP contribution in [-0.4, -0.2) is 110 Å². The SMILES string of the molecule is C[C@@H](NC(=O)c1nc(C(C)(C)C)no1)c1ccc(-c2nc(-c3ccc(N4CCN(CC5CCN(c6ccc(N7CCC(=O)NC7=O)cc6)CC5)CC4)nc3)cc3nccn23)cc1CO. The summed E-state index contributed by atoms with van der Waals surface area (Å²) in [4.78, 5) is 64.6. The summed E-state index contributed by atoms with van der Waals surface area (Å²) in [6.07, 6.45) is 8.07. The molecule has 3 fully saturated rings. The Labute approximate surface area is 371 Å². The fourth-order valence-electron chi connectivity index (χ4n) is 8.81. The molecule has 0 radical (unpaired) electrons. The van der Waals surface area contributed by atoms with E-state index in [9.17, 15) is 19.5 Å². The van der Waals surface area contributed by atoms with Gasteiger partial charge in [-0.3, -0.25) is 29.1 Å².